The first-order chi connectivity index (χ1) is 13.1. The largest absolute Gasteiger partial charge is 0.481 e. The van der Waals surface area contributed by atoms with Crippen molar-refractivity contribution in [2.45, 2.75) is 76.4 Å². The van der Waals surface area contributed by atoms with Gasteiger partial charge in [-0.15, -0.1) is 0 Å². The van der Waals surface area contributed by atoms with Gasteiger partial charge >= 0.3 is 5.97 Å². The molecule has 1 fully saturated rings. The van der Waals surface area contributed by atoms with Crippen molar-refractivity contribution in [2.24, 2.45) is 11.8 Å². The lowest BCUT2D eigenvalue weighted by Crippen LogP contribution is -2.22. The summed E-state index contributed by atoms with van der Waals surface area (Å²) in [4.78, 5) is 10.6. The van der Waals surface area contributed by atoms with Crippen LogP contribution in [0.4, 0.5) is 0 Å². The molecule has 5 nitrogen and oxygen atoms in total. The van der Waals surface area contributed by atoms with Crippen LogP contribution in [0, 0.1) is 11.8 Å². The summed E-state index contributed by atoms with van der Waals surface area (Å²) in [6.45, 7) is 0.289. The first kappa shape index (κ1) is 23.9. The lowest BCUT2D eigenvalue weighted by atomic mass is 9.89. The molecule has 2 N–H and O–H groups in total. The average Bonchev–Trinajstić information content (AvgIpc) is 3.00. The van der Waals surface area contributed by atoms with E-state index < -0.39 is 5.97 Å². The Labute approximate surface area is 164 Å². The normalized spacial score (nSPS) is 25.7. The highest BCUT2D eigenvalue weighted by molar-refractivity contribution is 5.66. The van der Waals surface area contributed by atoms with Gasteiger partial charge in [-0.2, -0.15) is 0 Å². The van der Waals surface area contributed by atoms with Crippen LogP contribution in [0.1, 0.15) is 64.2 Å². The highest BCUT2D eigenvalue weighted by atomic mass is 16.5. The third-order valence-corrected chi connectivity index (χ3v) is 5.44. The fourth-order valence-corrected chi connectivity index (χ4v) is 3.91. The zero-order valence-corrected chi connectivity index (χ0v) is 17.0. The molecule has 0 aromatic carbocycles. The lowest BCUT2D eigenvalue weighted by molar-refractivity contribution is -0.137. The Bertz CT molecular complexity index is 446. The highest BCUT2D eigenvalue weighted by Crippen LogP contribution is 2.39. The Morgan fingerprint density at radius 3 is 2.33 bits per heavy atom. The first-order valence-electron chi connectivity index (χ1n) is 10.3. The maximum Gasteiger partial charge on any atom is 0.303 e. The van der Waals surface area contributed by atoms with E-state index in [2.05, 4.69) is 24.3 Å². The summed E-state index contributed by atoms with van der Waals surface area (Å²) in [5.41, 5.74) is 0. The molecule has 1 unspecified atom stereocenters. The molecule has 1 aliphatic rings. The number of carboxylic acid groups (broad SMARTS) is 1. The molecule has 0 aromatic rings. The maximum atomic E-state index is 10.6. The van der Waals surface area contributed by atoms with Crippen LogP contribution in [0.3, 0.4) is 0 Å². The minimum Gasteiger partial charge on any atom is -0.481 e. The summed E-state index contributed by atoms with van der Waals surface area (Å²) in [7, 11) is 3.55. The third-order valence-electron chi connectivity index (χ3n) is 5.44. The van der Waals surface area contributed by atoms with Crippen molar-refractivity contribution in [2.75, 3.05) is 20.8 Å². The number of carbonyl (C=O) groups is 1. The number of aliphatic hydroxyl groups is 1. The van der Waals surface area contributed by atoms with Crippen molar-refractivity contribution in [3.63, 3.8) is 0 Å². The minimum absolute atomic E-state index is 0.186. The van der Waals surface area contributed by atoms with Crippen molar-refractivity contribution in [3.05, 3.63) is 24.3 Å². The quantitative estimate of drug-likeness (QED) is 0.325. The number of aliphatic carboxylic acids is 1. The molecular weight excluding hydrogens is 344 g/mol. The Morgan fingerprint density at radius 1 is 0.963 bits per heavy atom. The van der Waals surface area contributed by atoms with E-state index >= 15 is 0 Å². The zero-order chi connectivity index (χ0) is 19.9. The van der Waals surface area contributed by atoms with E-state index in [0.717, 1.165) is 51.4 Å². The summed E-state index contributed by atoms with van der Waals surface area (Å²) in [5, 5.41) is 17.5. The van der Waals surface area contributed by atoms with Gasteiger partial charge in [-0.25, -0.2) is 0 Å². The number of aliphatic hydroxyl groups excluding tert-OH is 1. The Morgan fingerprint density at radius 2 is 1.67 bits per heavy atom. The Kier molecular flexibility index (Phi) is 13.1. The minimum atomic E-state index is -0.733. The van der Waals surface area contributed by atoms with Crippen LogP contribution in [0.25, 0.3) is 0 Å². The number of allylic oxidation sites excluding steroid dienone is 3. The molecule has 0 aliphatic heterocycles. The molecule has 0 heterocycles. The molecule has 5 heteroatoms. The van der Waals surface area contributed by atoms with Gasteiger partial charge in [0.15, 0.2) is 0 Å². The van der Waals surface area contributed by atoms with Crippen molar-refractivity contribution in [1.82, 2.24) is 0 Å². The number of carboxylic acids is 1. The number of unbranched alkanes of at least 4 members (excludes halogenated alkanes) is 5. The Balaban J connectivity index is 2.50. The van der Waals surface area contributed by atoms with Crippen LogP contribution in [-0.2, 0) is 14.3 Å². The second-order valence-electron chi connectivity index (χ2n) is 7.37. The average molecular weight is 383 g/mol. The van der Waals surface area contributed by atoms with Crippen LogP contribution in [-0.4, -0.2) is 49.2 Å². The van der Waals surface area contributed by atoms with Gasteiger partial charge in [0.25, 0.3) is 0 Å². The van der Waals surface area contributed by atoms with E-state index in [1.165, 1.54) is 0 Å². The van der Waals surface area contributed by atoms with Gasteiger partial charge in [-0.1, -0.05) is 37.1 Å². The van der Waals surface area contributed by atoms with Crippen LogP contribution in [0.5, 0.6) is 0 Å². The van der Waals surface area contributed by atoms with Crippen LogP contribution in [0.15, 0.2) is 24.3 Å². The van der Waals surface area contributed by atoms with Crippen molar-refractivity contribution < 1.29 is 24.5 Å². The summed E-state index contributed by atoms with van der Waals surface area (Å²) >= 11 is 0. The van der Waals surface area contributed by atoms with E-state index in [4.69, 9.17) is 19.7 Å². The number of methoxy groups -OCH3 is 2. The summed E-state index contributed by atoms with van der Waals surface area (Å²) in [6, 6.07) is 0. The smallest absolute Gasteiger partial charge is 0.303 e. The molecule has 156 valence electrons. The molecule has 0 radical (unpaired) electrons. The van der Waals surface area contributed by atoms with Crippen LogP contribution < -0.4 is 0 Å². The molecule has 4 atom stereocenters. The molecule has 1 rings (SSSR count). The molecule has 27 heavy (non-hydrogen) atoms. The van der Waals surface area contributed by atoms with Crippen LogP contribution >= 0.6 is 0 Å². The van der Waals surface area contributed by atoms with Gasteiger partial charge in [0, 0.05) is 39.6 Å². The predicted molar refractivity (Wildman–Crippen MR) is 108 cm³/mol. The van der Waals surface area contributed by atoms with Gasteiger partial charge < -0.3 is 19.7 Å². The molecular formula is C22H38O5. The SMILES string of the molecule is CO[C@H]1C[C@@H](OC)[C@H](/C=C/CCCCCCO)C1C/C=C\CCCC(=O)O. The topological polar surface area (TPSA) is 76.0 Å². The number of ether oxygens (including phenoxy) is 2. The van der Waals surface area contributed by atoms with Gasteiger partial charge in [-0.3, -0.25) is 4.79 Å². The van der Waals surface area contributed by atoms with Crippen molar-refractivity contribution in [3.8, 4) is 0 Å². The molecule has 1 saturated carbocycles. The summed E-state index contributed by atoms with van der Waals surface area (Å²) in [5.74, 6) is 0.00510. The van der Waals surface area contributed by atoms with Gasteiger partial charge in [0.05, 0.1) is 12.2 Å². The van der Waals surface area contributed by atoms with E-state index in [1.54, 1.807) is 14.2 Å². The van der Waals surface area contributed by atoms with E-state index in [9.17, 15) is 4.79 Å². The highest BCUT2D eigenvalue weighted by Gasteiger charge is 2.41. The molecule has 0 spiro atoms. The maximum absolute atomic E-state index is 10.6. The Hall–Kier alpha value is -1.17. The molecule has 0 bridgehead atoms. The molecule has 0 saturated heterocycles. The molecule has 1 aliphatic carbocycles. The van der Waals surface area contributed by atoms with E-state index in [0.29, 0.717) is 18.3 Å². The zero-order valence-electron chi connectivity index (χ0n) is 17.0. The number of rotatable bonds is 15. The van der Waals surface area contributed by atoms with Crippen LogP contribution in [0.2, 0.25) is 0 Å². The lowest BCUT2D eigenvalue weighted by Gasteiger charge is -2.22. The second-order valence-corrected chi connectivity index (χ2v) is 7.37. The fourth-order valence-electron chi connectivity index (χ4n) is 3.91. The van der Waals surface area contributed by atoms with E-state index in [-0.39, 0.29) is 25.2 Å². The standard InChI is InChI=1S/C22H38O5/c1-26-20-17-21(27-2)19(14-10-6-7-11-15-22(24)25)18(20)13-9-5-3-4-8-12-16-23/h6,9-10,13,18-21,23H,3-5,7-8,11-12,14-17H2,1-2H3,(H,24,25)/b10-6-,13-9+/t18-,19?,20-,21+/m1/s1. The predicted octanol–water partition coefficient (Wildman–Crippen LogP) is 4.35. The van der Waals surface area contributed by atoms with Gasteiger partial charge in [-0.05, 0) is 44.4 Å². The third kappa shape index (κ3) is 9.54. The van der Waals surface area contributed by atoms with Crippen molar-refractivity contribution >= 4 is 5.97 Å². The van der Waals surface area contributed by atoms with Gasteiger partial charge in [0.2, 0.25) is 0 Å². The van der Waals surface area contributed by atoms with Gasteiger partial charge in [0.1, 0.15) is 0 Å². The summed E-state index contributed by atoms with van der Waals surface area (Å²) in [6.07, 6.45) is 18.2. The fraction of sp³-hybridized carbons (Fsp3) is 0.773. The number of hydrogen-bond donors (Lipinski definition) is 2. The van der Waals surface area contributed by atoms with E-state index in [1.807, 2.05) is 0 Å². The first-order valence-corrected chi connectivity index (χ1v) is 10.3. The summed E-state index contributed by atoms with van der Waals surface area (Å²) < 4.78 is 11.4. The second kappa shape index (κ2) is 14.8. The molecule has 0 aromatic heterocycles. The van der Waals surface area contributed by atoms with Crippen molar-refractivity contribution in [1.29, 1.82) is 0 Å². The monoisotopic (exact) mass is 382 g/mol. The number of hydrogen-bond acceptors (Lipinski definition) is 4. The molecule has 0 amide bonds.